The summed E-state index contributed by atoms with van der Waals surface area (Å²) in [6.07, 6.45) is 1.74. The van der Waals surface area contributed by atoms with Crippen LogP contribution in [0.25, 0.3) is 16.9 Å². The third-order valence-electron chi connectivity index (χ3n) is 2.67. The summed E-state index contributed by atoms with van der Waals surface area (Å²) in [5, 5.41) is 0. The normalized spacial score (nSPS) is 10.8. The molecule has 0 fully saturated rings. The van der Waals surface area contributed by atoms with Gasteiger partial charge in [-0.3, -0.25) is 9.99 Å². The number of hydrogen-bond acceptors (Lipinski definition) is 5. The van der Waals surface area contributed by atoms with Gasteiger partial charge >= 0.3 is 0 Å². The Bertz CT molecular complexity index is 703. The molecule has 3 aromatic rings. The maximum Gasteiger partial charge on any atom is 0.239 e. The molecule has 3 rings (SSSR count). The summed E-state index contributed by atoms with van der Waals surface area (Å²) in [5.41, 5.74) is 5.23. The van der Waals surface area contributed by atoms with Crippen LogP contribution in [0.3, 0.4) is 0 Å². The van der Waals surface area contributed by atoms with Crippen LogP contribution in [-0.4, -0.2) is 19.5 Å². The van der Waals surface area contributed by atoms with Gasteiger partial charge in [0, 0.05) is 11.8 Å². The van der Waals surface area contributed by atoms with Gasteiger partial charge in [0.25, 0.3) is 0 Å². The smallest absolute Gasteiger partial charge is 0.239 e. The summed E-state index contributed by atoms with van der Waals surface area (Å²) < 4.78 is 1.91. The number of aryl methyl sites for hydroxylation is 1. The van der Waals surface area contributed by atoms with E-state index in [2.05, 4.69) is 20.4 Å². The topological polar surface area (TPSA) is 81.7 Å². The van der Waals surface area contributed by atoms with Crippen molar-refractivity contribution < 1.29 is 0 Å². The number of imidazole rings is 1. The maximum atomic E-state index is 5.35. The molecule has 6 heteroatoms. The lowest BCUT2D eigenvalue weighted by molar-refractivity contribution is 0.972. The minimum atomic E-state index is 0.391. The minimum Gasteiger partial charge on any atom is -0.292 e. The van der Waals surface area contributed by atoms with Crippen LogP contribution in [0, 0.1) is 6.92 Å². The van der Waals surface area contributed by atoms with Crippen molar-refractivity contribution in [1.82, 2.24) is 19.5 Å². The summed E-state index contributed by atoms with van der Waals surface area (Å²) >= 11 is 0. The molecule has 0 aliphatic heterocycles. The summed E-state index contributed by atoms with van der Waals surface area (Å²) in [5.74, 6) is 6.49. The number of aromatic nitrogens is 4. The molecular formula is C12H12N6. The Kier molecular flexibility index (Phi) is 2.42. The van der Waals surface area contributed by atoms with E-state index in [1.807, 2.05) is 41.8 Å². The number of para-hydroxylation sites is 2. The summed E-state index contributed by atoms with van der Waals surface area (Å²) in [6, 6.07) is 9.76. The van der Waals surface area contributed by atoms with Crippen molar-refractivity contribution in [3.63, 3.8) is 0 Å². The number of hydrogen-bond donors (Lipinski definition) is 2. The molecule has 0 amide bonds. The van der Waals surface area contributed by atoms with Gasteiger partial charge in [-0.05, 0) is 19.1 Å². The van der Waals surface area contributed by atoms with Crippen LogP contribution in [0.4, 0.5) is 5.95 Å². The van der Waals surface area contributed by atoms with Crippen LogP contribution >= 0.6 is 0 Å². The number of fused-ring (bicyclic) bond motifs is 1. The van der Waals surface area contributed by atoms with Crippen molar-refractivity contribution in [3.05, 3.63) is 42.4 Å². The Balaban J connectivity index is 2.22. The average Bonchev–Trinajstić information content (AvgIpc) is 2.81. The van der Waals surface area contributed by atoms with Gasteiger partial charge in [0.2, 0.25) is 5.95 Å². The molecule has 0 spiro atoms. The van der Waals surface area contributed by atoms with E-state index < -0.39 is 0 Å². The summed E-state index contributed by atoms with van der Waals surface area (Å²) in [7, 11) is 0. The first-order valence-corrected chi connectivity index (χ1v) is 5.53. The Morgan fingerprint density at radius 2 is 2.06 bits per heavy atom. The van der Waals surface area contributed by atoms with E-state index in [4.69, 9.17) is 5.84 Å². The quantitative estimate of drug-likeness (QED) is 0.523. The molecule has 2 aromatic heterocycles. The van der Waals surface area contributed by atoms with Crippen molar-refractivity contribution in [2.75, 3.05) is 5.43 Å². The molecule has 3 N–H and O–H groups in total. The van der Waals surface area contributed by atoms with Gasteiger partial charge in [0.05, 0.1) is 11.0 Å². The number of rotatable bonds is 2. The molecule has 90 valence electrons. The Labute approximate surface area is 103 Å². The van der Waals surface area contributed by atoms with Crippen LogP contribution in [-0.2, 0) is 0 Å². The van der Waals surface area contributed by atoms with Gasteiger partial charge in [-0.15, -0.1) is 0 Å². The standard InChI is InChI=1S/C12H12N6/c1-8-6-11(16-12(15-8)17-13)18-7-14-9-4-2-3-5-10(9)18/h2-7H,13H2,1H3,(H,15,16,17). The van der Waals surface area contributed by atoms with Gasteiger partial charge in [-0.1, -0.05) is 12.1 Å². The summed E-state index contributed by atoms with van der Waals surface area (Å²) in [4.78, 5) is 12.8. The number of anilines is 1. The van der Waals surface area contributed by atoms with Crippen molar-refractivity contribution in [3.8, 4) is 5.82 Å². The van der Waals surface area contributed by atoms with Crippen molar-refractivity contribution in [1.29, 1.82) is 0 Å². The third kappa shape index (κ3) is 1.68. The van der Waals surface area contributed by atoms with Crippen molar-refractivity contribution in [2.24, 2.45) is 5.84 Å². The lowest BCUT2D eigenvalue weighted by Crippen LogP contribution is -2.12. The maximum absolute atomic E-state index is 5.35. The second-order valence-corrected chi connectivity index (χ2v) is 3.94. The van der Waals surface area contributed by atoms with E-state index in [1.54, 1.807) is 6.33 Å². The first-order valence-electron chi connectivity index (χ1n) is 5.53. The van der Waals surface area contributed by atoms with Gasteiger partial charge in [0.15, 0.2) is 0 Å². The minimum absolute atomic E-state index is 0.391. The zero-order chi connectivity index (χ0) is 12.5. The molecule has 0 aliphatic rings. The number of nitrogens with one attached hydrogen (secondary N) is 1. The zero-order valence-electron chi connectivity index (χ0n) is 9.83. The van der Waals surface area contributed by atoms with Crippen LogP contribution in [0.1, 0.15) is 5.69 Å². The molecule has 6 nitrogen and oxygen atoms in total. The highest BCUT2D eigenvalue weighted by atomic mass is 15.3. The highest BCUT2D eigenvalue weighted by molar-refractivity contribution is 5.76. The van der Waals surface area contributed by atoms with Gasteiger partial charge in [0.1, 0.15) is 12.1 Å². The fraction of sp³-hybridized carbons (Fsp3) is 0.0833. The van der Waals surface area contributed by atoms with Crippen molar-refractivity contribution in [2.45, 2.75) is 6.92 Å². The average molecular weight is 240 g/mol. The molecule has 0 saturated carbocycles. The Hall–Kier alpha value is -2.47. The van der Waals surface area contributed by atoms with E-state index in [-0.39, 0.29) is 0 Å². The number of hydrazine groups is 1. The van der Waals surface area contributed by atoms with Gasteiger partial charge in [-0.25, -0.2) is 15.8 Å². The molecule has 0 bridgehead atoms. The Morgan fingerprint density at radius 3 is 2.89 bits per heavy atom. The Morgan fingerprint density at radius 1 is 1.22 bits per heavy atom. The molecule has 1 aromatic carbocycles. The van der Waals surface area contributed by atoms with Crippen LogP contribution in [0.2, 0.25) is 0 Å². The number of nitrogen functional groups attached to an aromatic ring is 1. The predicted molar refractivity (Wildman–Crippen MR) is 69.2 cm³/mol. The van der Waals surface area contributed by atoms with Crippen molar-refractivity contribution >= 4 is 17.0 Å². The lowest BCUT2D eigenvalue weighted by Gasteiger charge is -2.06. The van der Waals surface area contributed by atoms with Crippen LogP contribution < -0.4 is 11.3 Å². The van der Waals surface area contributed by atoms with Crippen LogP contribution in [0.15, 0.2) is 36.7 Å². The molecule has 0 radical (unpaired) electrons. The second kappa shape index (κ2) is 4.08. The molecule has 0 unspecified atom stereocenters. The lowest BCUT2D eigenvalue weighted by atomic mass is 10.3. The van der Waals surface area contributed by atoms with E-state index >= 15 is 0 Å². The summed E-state index contributed by atoms with van der Waals surface area (Å²) in [6.45, 7) is 1.89. The first-order chi connectivity index (χ1) is 8.78. The van der Waals surface area contributed by atoms with E-state index in [1.165, 1.54) is 0 Å². The number of nitrogens with two attached hydrogens (primary N) is 1. The zero-order valence-corrected chi connectivity index (χ0v) is 9.83. The second-order valence-electron chi connectivity index (χ2n) is 3.94. The molecule has 0 saturated heterocycles. The van der Waals surface area contributed by atoms with Crippen LogP contribution in [0.5, 0.6) is 0 Å². The van der Waals surface area contributed by atoms with E-state index in [9.17, 15) is 0 Å². The molecule has 0 aliphatic carbocycles. The highest BCUT2D eigenvalue weighted by Gasteiger charge is 2.07. The molecular weight excluding hydrogens is 228 g/mol. The molecule has 18 heavy (non-hydrogen) atoms. The van der Waals surface area contributed by atoms with E-state index in [0.29, 0.717) is 5.95 Å². The monoisotopic (exact) mass is 240 g/mol. The highest BCUT2D eigenvalue weighted by Crippen LogP contribution is 2.17. The fourth-order valence-electron chi connectivity index (χ4n) is 1.88. The number of nitrogens with zero attached hydrogens (tertiary/aromatic N) is 4. The SMILES string of the molecule is Cc1cc(-n2cnc3ccccc32)nc(NN)n1. The predicted octanol–water partition coefficient (Wildman–Crippen LogP) is 1.41. The van der Waals surface area contributed by atoms with Gasteiger partial charge < -0.3 is 0 Å². The molecule has 0 atom stereocenters. The fourth-order valence-corrected chi connectivity index (χ4v) is 1.88. The van der Waals surface area contributed by atoms with Gasteiger partial charge in [-0.2, -0.15) is 4.98 Å². The first kappa shape index (κ1) is 10.7. The third-order valence-corrected chi connectivity index (χ3v) is 2.67. The van der Waals surface area contributed by atoms with E-state index in [0.717, 1.165) is 22.5 Å². The largest absolute Gasteiger partial charge is 0.292 e. The number of benzene rings is 1. The molecule has 2 heterocycles.